The van der Waals surface area contributed by atoms with Crippen LogP contribution in [0.3, 0.4) is 0 Å². The molecule has 0 radical (unpaired) electrons. The van der Waals surface area contributed by atoms with Crippen molar-refractivity contribution in [3.63, 3.8) is 0 Å². The van der Waals surface area contributed by atoms with E-state index in [2.05, 4.69) is 79.0 Å². The van der Waals surface area contributed by atoms with Gasteiger partial charge in [-0.2, -0.15) is 0 Å². The van der Waals surface area contributed by atoms with Gasteiger partial charge in [-0.25, -0.2) is 0 Å². The van der Waals surface area contributed by atoms with Crippen LogP contribution in [-0.4, -0.2) is 41.8 Å². The topological polar surface area (TPSA) is 184 Å². The van der Waals surface area contributed by atoms with Crippen molar-refractivity contribution in [2.45, 2.75) is 237 Å². The van der Waals surface area contributed by atoms with E-state index >= 15 is 0 Å². The van der Waals surface area contributed by atoms with Crippen LogP contribution in [0.15, 0.2) is 244 Å². The summed E-state index contributed by atoms with van der Waals surface area (Å²) in [6, 6.07) is 75.1. The SMILES string of the molecule is CCC(C)(C)C(=O)OCc1ccc(Br)cc1.CCC(C)(C)C(=O)OCc1ccc(C)cc1.CCC(C)(C)C(=O)OCc1ccc(Cl)cc1.CCC(C)(C)C(=O)OCc1cccc2c(Br)cccc12.CCC(C)(C)C(=O)OCc1cccc2c(C)cccc12.CCC(C)(C)C(=O)OCc1cccc2c(Cl)cccc12.CCC(C)C(=O)Oc1c2ccccc2c(Br)c2ccccc12. The van der Waals surface area contributed by atoms with Gasteiger partial charge in [0, 0.05) is 50.4 Å². The average molecular weight is 2000 g/mol. The van der Waals surface area contributed by atoms with Crippen molar-refractivity contribution in [3.8, 4) is 5.75 Å². The van der Waals surface area contributed by atoms with Crippen molar-refractivity contribution in [2.24, 2.45) is 38.4 Å². The van der Waals surface area contributed by atoms with E-state index in [0.717, 1.165) is 140 Å². The van der Waals surface area contributed by atoms with Gasteiger partial charge in [-0.1, -0.05) is 310 Å². The molecule has 14 nitrogen and oxygen atoms in total. The fourth-order valence-electron chi connectivity index (χ4n) is 11.9. The number of fused-ring (bicyclic) bond motifs is 5. The molecule has 0 aliphatic heterocycles. The minimum absolute atomic E-state index is 0.110. The molecule has 12 aromatic rings. The van der Waals surface area contributed by atoms with Crippen molar-refractivity contribution < 1.29 is 66.7 Å². The Morgan fingerprint density at radius 2 is 0.592 bits per heavy atom. The van der Waals surface area contributed by atoms with Gasteiger partial charge < -0.3 is 33.2 Å². The maximum absolute atomic E-state index is 12.3. The molecule has 130 heavy (non-hydrogen) atoms. The molecule has 0 saturated carbocycles. The van der Waals surface area contributed by atoms with Gasteiger partial charge in [0.1, 0.15) is 45.4 Å². The van der Waals surface area contributed by atoms with Crippen LogP contribution in [0.5, 0.6) is 5.75 Å². The summed E-state index contributed by atoms with van der Waals surface area (Å²) in [4.78, 5) is 83.5. The van der Waals surface area contributed by atoms with Gasteiger partial charge in [0.15, 0.2) is 0 Å². The number of hydrogen-bond acceptors (Lipinski definition) is 14. The summed E-state index contributed by atoms with van der Waals surface area (Å²) in [6.45, 7) is 44.7. The Morgan fingerprint density at radius 3 is 0.962 bits per heavy atom. The molecule has 0 fully saturated rings. The summed E-state index contributed by atoms with van der Waals surface area (Å²) in [5.74, 6) is -0.518. The largest absolute Gasteiger partial charge is 0.460 e. The standard InChI is InChI=1S/C19H17BrO2.C18H22O2.C17H19BrO2.C17H19ClO2.C14H20O2.C13H17BrO2.C13H17ClO2/c1-3-12(2)19(21)22-18-15-10-6-4-8-13(15)17(20)14-9-5-7-11-16(14)18;1-5-18(3,4)17(19)20-12-14-9-7-10-15-13(2)8-6-11-16(14)15;2*1-4-17(2,3)16(19)20-11-12-7-5-9-14-13(12)8-6-10-15(14)18;1-5-14(3,4)13(15)16-10-12-8-6-11(2)7-9-12;2*1-4-13(2,3)12(15)16-9-10-5-7-11(14)8-6-10/h4-12H,3H2,1-2H3;6-11H,5,12H2,1-4H3;2*5-10H,4,11H2,1-3H3;6-9H,5,10H2,1-4H3;2*5-8H,4,9H2,1-3H3. The van der Waals surface area contributed by atoms with Gasteiger partial charge in [0.25, 0.3) is 0 Å². The number of benzene rings is 12. The number of rotatable bonds is 27. The molecule has 0 aliphatic carbocycles. The van der Waals surface area contributed by atoms with Gasteiger partial charge in [0.05, 0.1) is 38.4 Å². The molecule has 19 heteroatoms. The zero-order valence-electron chi connectivity index (χ0n) is 79.8. The van der Waals surface area contributed by atoms with Crippen LogP contribution in [0.25, 0.3) is 53.9 Å². The van der Waals surface area contributed by atoms with E-state index < -0.39 is 27.1 Å². The lowest BCUT2D eigenvalue weighted by Gasteiger charge is -2.20. The highest BCUT2D eigenvalue weighted by Gasteiger charge is 2.32. The second kappa shape index (κ2) is 51.3. The first-order valence-corrected chi connectivity index (χ1v) is 47.7. The molecule has 0 aromatic heterocycles. The van der Waals surface area contributed by atoms with Crippen LogP contribution < -0.4 is 4.74 Å². The summed E-state index contributed by atoms with van der Waals surface area (Å²) < 4.78 is 41.1. The molecule has 1 atom stereocenters. The highest BCUT2D eigenvalue weighted by atomic mass is 79.9. The number of hydrogen-bond donors (Lipinski definition) is 0. The lowest BCUT2D eigenvalue weighted by Crippen LogP contribution is -2.25. The Labute approximate surface area is 806 Å². The molecule has 694 valence electrons. The highest BCUT2D eigenvalue weighted by Crippen LogP contribution is 2.42. The molecule has 0 spiro atoms. The third-order valence-corrected chi connectivity index (χ3v) is 26.6. The Kier molecular flexibility index (Phi) is 43.0. The van der Waals surface area contributed by atoms with Crippen molar-refractivity contribution in [1.82, 2.24) is 0 Å². The normalized spacial score (nSPS) is 11.6. The van der Waals surface area contributed by atoms with Gasteiger partial charge in [0.2, 0.25) is 0 Å². The molecule has 0 N–H and O–H groups in total. The van der Waals surface area contributed by atoms with Gasteiger partial charge in [-0.05, 0) is 260 Å². The second-order valence-electron chi connectivity index (χ2n) is 36.2. The monoisotopic (exact) mass is 1990 g/mol. The van der Waals surface area contributed by atoms with Gasteiger partial charge in [-0.15, -0.1) is 0 Å². The molecular weight excluding hydrogens is 1870 g/mol. The average Bonchev–Trinajstić information content (AvgIpc) is 0.754. The molecule has 0 amide bonds. The van der Waals surface area contributed by atoms with E-state index in [1.54, 1.807) is 12.1 Å². The van der Waals surface area contributed by atoms with E-state index in [-0.39, 0.29) is 59.7 Å². The summed E-state index contributed by atoms with van der Waals surface area (Å²) in [5.41, 5.74) is 6.04. The third kappa shape index (κ3) is 32.3. The minimum atomic E-state index is -0.442. The first-order chi connectivity index (χ1) is 61.4. The quantitative estimate of drug-likeness (QED) is 0.0205. The summed E-state index contributed by atoms with van der Waals surface area (Å²) in [6.07, 6.45) is 5.42. The van der Waals surface area contributed by atoms with Gasteiger partial charge in [-0.3, -0.25) is 33.6 Å². The van der Waals surface area contributed by atoms with E-state index in [0.29, 0.717) is 48.8 Å². The summed E-state index contributed by atoms with van der Waals surface area (Å²) in [7, 11) is 0. The molecule has 12 aromatic carbocycles. The molecule has 0 bridgehead atoms. The number of esters is 7. The van der Waals surface area contributed by atoms with Crippen molar-refractivity contribution in [3.05, 3.63) is 298 Å². The lowest BCUT2D eigenvalue weighted by molar-refractivity contribution is -0.156. The number of halogens is 5. The predicted molar refractivity (Wildman–Crippen MR) is 544 cm³/mol. The summed E-state index contributed by atoms with van der Waals surface area (Å²) >= 11 is 22.5. The third-order valence-electron chi connectivity index (χ3n) is 23.9. The predicted octanol–water partition coefficient (Wildman–Crippen LogP) is 31.6. The number of carbonyl (C=O) groups excluding carboxylic acids is 7. The second-order valence-corrected chi connectivity index (χ2v) is 39.6. The first-order valence-electron chi connectivity index (χ1n) is 44.5. The molecule has 0 aliphatic rings. The van der Waals surface area contributed by atoms with Gasteiger partial charge >= 0.3 is 41.8 Å². The molecule has 1 unspecified atom stereocenters. The van der Waals surface area contributed by atoms with Crippen molar-refractivity contribution in [2.75, 3.05) is 0 Å². The molecular formula is C111H131Br3Cl2O14. The Balaban J connectivity index is 0.000000235. The number of aryl methyl sites for hydroxylation is 2. The van der Waals surface area contributed by atoms with Crippen LogP contribution in [0.2, 0.25) is 10.0 Å². The smallest absolute Gasteiger partial charge is 0.314 e. The van der Waals surface area contributed by atoms with E-state index in [1.807, 2.05) is 340 Å². The first kappa shape index (κ1) is 109. The Morgan fingerprint density at radius 1 is 0.308 bits per heavy atom. The van der Waals surface area contributed by atoms with E-state index in [1.165, 1.54) is 16.5 Å². The zero-order chi connectivity index (χ0) is 96.5. The Bertz CT molecular complexity index is 5260. The fraction of sp³-hybridized carbons (Fsp3) is 0.378. The Hall–Kier alpha value is -9.75. The fourth-order valence-corrected chi connectivity index (χ4v) is 13.7. The minimum Gasteiger partial charge on any atom is -0.460 e. The highest BCUT2D eigenvalue weighted by molar-refractivity contribution is 9.11. The number of carbonyl (C=O) groups is 7. The van der Waals surface area contributed by atoms with E-state index in [4.69, 9.17) is 56.4 Å². The van der Waals surface area contributed by atoms with Crippen molar-refractivity contribution in [1.29, 1.82) is 0 Å². The lowest BCUT2D eigenvalue weighted by atomic mass is 9.91. The van der Waals surface area contributed by atoms with Crippen LogP contribution in [0, 0.1) is 52.3 Å². The summed E-state index contributed by atoms with van der Waals surface area (Å²) in [5, 5.41) is 12.0. The maximum Gasteiger partial charge on any atom is 0.314 e. The molecule has 12 rings (SSSR count). The van der Waals surface area contributed by atoms with Crippen LogP contribution >= 0.6 is 71.0 Å². The van der Waals surface area contributed by atoms with E-state index in [9.17, 15) is 33.6 Å². The van der Waals surface area contributed by atoms with Crippen molar-refractivity contribution >= 4 is 167 Å². The number of ether oxygens (including phenoxy) is 7. The van der Waals surface area contributed by atoms with Crippen LogP contribution in [0.4, 0.5) is 0 Å². The molecule has 0 heterocycles. The maximum atomic E-state index is 12.3. The van der Waals surface area contributed by atoms with Crippen LogP contribution in [-0.2, 0) is 102 Å². The molecule has 0 saturated heterocycles. The zero-order valence-corrected chi connectivity index (χ0v) is 86.1. The van der Waals surface area contributed by atoms with Crippen LogP contribution in [0.1, 0.15) is 228 Å².